The first kappa shape index (κ1) is 14.4. The maximum atomic E-state index is 13.7. The van der Waals surface area contributed by atoms with Crippen molar-refractivity contribution < 1.29 is 4.39 Å². The van der Waals surface area contributed by atoms with Crippen LogP contribution in [-0.2, 0) is 0 Å². The number of aromatic nitrogens is 1. The van der Waals surface area contributed by atoms with E-state index in [-0.39, 0.29) is 11.4 Å². The minimum Gasteiger partial charge on any atom is -0.321 e. The Morgan fingerprint density at radius 2 is 1.83 bits per heavy atom. The van der Waals surface area contributed by atoms with Gasteiger partial charge < -0.3 is 4.98 Å². The molecule has 3 heteroatoms. The molecule has 0 saturated carbocycles. The molecule has 0 amide bonds. The van der Waals surface area contributed by atoms with Crippen LogP contribution < -0.4 is 5.56 Å². The second-order valence-corrected chi connectivity index (χ2v) is 5.80. The molecule has 0 radical (unpaired) electrons. The predicted octanol–water partition coefficient (Wildman–Crippen LogP) is 4.87. The number of H-pyrrole nitrogens is 1. The fourth-order valence-electron chi connectivity index (χ4n) is 3.20. The summed E-state index contributed by atoms with van der Waals surface area (Å²) in [7, 11) is 0. The Balaban J connectivity index is 1.98. The van der Waals surface area contributed by atoms with Crippen molar-refractivity contribution in [2.45, 2.75) is 0 Å². The highest BCUT2D eigenvalue weighted by atomic mass is 19.1. The third-order valence-corrected chi connectivity index (χ3v) is 4.37. The van der Waals surface area contributed by atoms with Crippen LogP contribution in [-0.4, -0.2) is 4.98 Å². The highest BCUT2D eigenvalue weighted by Gasteiger charge is 2.26. The summed E-state index contributed by atoms with van der Waals surface area (Å²) >= 11 is 0. The molecule has 1 aromatic heterocycles. The van der Waals surface area contributed by atoms with Gasteiger partial charge in [0.05, 0.1) is 5.56 Å². The Morgan fingerprint density at radius 3 is 2.62 bits per heavy atom. The minimum absolute atomic E-state index is 0.215. The number of nitrogens with one attached hydrogen (secondary N) is 1. The molecular weight excluding hydrogens is 301 g/mol. The van der Waals surface area contributed by atoms with E-state index in [1.807, 2.05) is 30.3 Å². The summed E-state index contributed by atoms with van der Waals surface area (Å²) in [5.74, 6) is -0.329. The molecule has 1 N–H and O–H groups in total. The van der Waals surface area contributed by atoms with E-state index in [1.165, 1.54) is 12.1 Å². The average molecular weight is 315 g/mol. The molecule has 116 valence electrons. The summed E-state index contributed by atoms with van der Waals surface area (Å²) in [5.41, 5.74) is 5.69. The van der Waals surface area contributed by atoms with E-state index in [0.717, 1.165) is 22.3 Å². The lowest BCUT2D eigenvalue weighted by Gasteiger charge is -2.07. The van der Waals surface area contributed by atoms with E-state index in [0.29, 0.717) is 22.4 Å². The fourth-order valence-corrected chi connectivity index (χ4v) is 3.20. The number of rotatable bonds is 2. The van der Waals surface area contributed by atoms with Crippen molar-refractivity contribution >= 4 is 11.6 Å². The van der Waals surface area contributed by atoms with Crippen LogP contribution in [0, 0.1) is 5.82 Å². The van der Waals surface area contributed by atoms with Gasteiger partial charge in [0.2, 0.25) is 0 Å². The molecule has 0 atom stereocenters. The number of hydrogen-bond donors (Lipinski definition) is 1. The normalized spacial score (nSPS) is 12.0. The molecule has 4 rings (SSSR count). The van der Waals surface area contributed by atoms with Gasteiger partial charge in [0.25, 0.3) is 5.56 Å². The molecule has 1 aliphatic carbocycles. The molecule has 1 aliphatic rings. The summed E-state index contributed by atoms with van der Waals surface area (Å²) in [6.07, 6.45) is 1.75. The van der Waals surface area contributed by atoms with Crippen LogP contribution in [0.3, 0.4) is 0 Å². The Kier molecular flexibility index (Phi) is 3.10. The van der Waals surface area contributed by atoms with Crippen molar-refractivity contribution in [2.75, 3.05) is 0 Å². The van der Waals surface area contributed by atoms with E-state index in [9.17, 15) is 9.18 Å². The van der Waals surface area contributed by atoms with Crippen LogP contribution in [0.1, 0.15) is 16.7 Å². The molecule has 0 aliphatic heterocycles. The lowest BCUT2D eigenvalue weighted by atomic mass is 10.0. The number of pyridine rings is 1. The van der Waals surface area contributed by atoms with E-state index < -0.39 is 0 Å². The van der Waals surface area contributed by atoms with Crippen molar-refractivity contribution in [1.29, 1.82) is 0 Å². The van der Waals surface area contributed by atoms with Gasteiger partial charge in [-0.25, -0.2) is 4.39 Å². The predicted molar refractivity (Wildman–Crippen MR) is 96.1 cm³/mol. The third-order valence-electron chi connectivity index (χ3n) is 4.37. The number of halogens is 1. The van der Waals surface area contributed by atoms with Crippen LogP contribution in [0.25, 0.3) is 34.0 Å². The highest BCUT2D eigenvalue weighted by Crippen LogP contribution is 2.42. The van der Waals surface area contributed by atoms with Crippen LogP contribution in [0.2, 0.25) is 0 Å². The molecule has 0 unspecified atom stereocenters. The van der Waals surface area contributed by atoms with Gasteiger partial charge in [0.15, 0.2) is 0 Å². The molecule has 0 spiro atoms. The van der Waals surface area contributed by atoms with Crippen LogP contribution >= 0.6 is 0 Å². The Bertz CT molecular complexity index is 1080. The summed E-state index contributed by atoms with van der Waals surface area (Å²) < 4.78 is 13.7. The summed E-state index contributed by atoms with van der Waals surface area (Å²) in [4.78, 5) is 15.5. The van der Waals surface area contributed by atoms with Gasteiger partial charge in [-0.15, -0.1) is 0 Å². The maximum Gasteiger partial charge on any atom is 0.256 e. The van der Waals surface area contributed by atoms with Crippen molar-refractivity contribution in [3.8, 4) is 22.4 Å². The highest BCUT2D eigenvalue weighted by molar-refractivity contribution is 6.00. The topological polar surface area (TPSA) is 32.9 Å². The van der Waals surface area contributed by atoms with Crippen molar-refractivity contribution in [2.24, 2.45) is 0 Å². The summed E-state index contributed by atoms with van der Waals surface area (Å²) in [6, 6.07) is 14.1. The van der Waals surface area contributed by atoms with Gasteiger partial charge in [0, 0.05) is 5.69 Å². The van der Waals surface area contributed by atoms with Crippen molar-refractivity contribution in [3.05, 3.63) is 94.6 Å². The molecular formula is C21H14FNO. The average Bonchev–Trinajstić information content (AvgIpc) is 2.87. The number of fused-ring (bicyclic) bond motifs is 3. The number of hydrogen-bond acceptors (Lipinski definition) is 1. The Morgan fingerprint density at radius 1 is 1.00 bits per heavy atom. The molecule has 2 aromatic carbocycles. The largest absolute Gasteiger partial charge is 0.321 e. The fraction of sp³-hybridized carbons (Fsp3) is 0. The van der Waals surface area contributed by atoms with Crippen LogP contribution in [0.15, 0.2) is 66.5 Å². The van der Waals surface area contributed by atoms with Gasteiger partial charge in [-0.2, -0.15) is 0 Å². The maximum absolute atomic E-state index is 13.7. The van der Waals surface area contributed by atoms with E-state index in [4.69, 9.17) is 0 Å². The first-order chi connectivity index (χ1) is 11.6. The second-order valence-electron chi connectivity index (χ2n) is 5.80. The van der Waals surface area contributed by atoms with Gasteiger partial charge in [-0.1, -0.05) is 43.5 Å². The van der Waals surface area contributed by atoms with Crippen molar-refractivity contribution in [3.63, 3.8) is 0 Å². The molecule has 0 fully saturated rings. The Hall–Kier alpha value is -3.20. The molecule has 0 saturated heterocycles. The van der Waals surface area contributed by atoms with Crippen LogP contribution in [0.4, 0.5) is 4.39 Å². The molecule has 0 bridgehead atoms. The standard InChI is InChI=1S/C21H14FNO/c1-3-13-5-4-6-14(9-13)19-11-18-17-10-15(22)7-8-16(17)12(2)20(18)21(24)23-19/h3-11H,1-2H2,(H,23,24). The smallest absolute Gasteiger partial charge is 0.256 e. The van der Waals surface area contributed by atoms with Crippen molar-refractivity contribution in [1.82, 2.24) is 4.98 Å². The second kappa shape index (κ2) is 5.17. The quantitative estimate of drug-likeness (QED) is 0.562. The molecule has 2 nitrogen and oxygen atoms in total. The Labute approximate surface area is 138 Å². The van der Waals surface area contributed by atoms with E-state index >= 15 is 0 Å². The van der Waals surface area contributed by atoms with Gasteiger partial charge >= 0.3 is 0 Å². The van der Waals surface area contributed by atoms with E-state index in [2.05, 4.69) is 18.1 Å². The first-order valence-corrected chi connectivity index (χ1v) is 7.58. The first-order valence-electron chi connectivity index (χ1n) is 7.58. The van der Waals surface area contributed by atoms with Gasteiger partial charge in [-0.3, -0.25) is 4.79 Å². The lowest BCUT2D eigenvalue weighted by molar-refractivity contribution is 0.628. The van der Waals surface area contributed by atoms with Gasteiger partial charge in [0.1, 0.15) is 5.82 Å². The number of aromatic amines is 1. The zero-order chi connectivity index (χ0) is 16.8. The van der Waals surface area contributed by atoms with Crippen LogP contribution in [0.5, 0.6) is 0 Å². The third kappa shape index (κ3) is 2.06. The molecule has 24 heavy (non-hydrogen) atoms. The zero-order valence-electron chi connectivity index (χ0n) is 12.9. The van der Waals surface area contributed by atoms with Gasteiger partial charge in [-0.05, 0) is 57.7 Å². The zero-order valence-corrected chi connectivity index (χ0v) is 12.9. The molecule has 1 heterocycles. The monoisotopic (exact) mass is 315 g/mol. The summed E-state index contributed by atoms with van der Waals surface area (Å²) in [6.45, 7) is 7.77. The SMILES string of the molecule is C=Cc1cccc(-c2cc3c(c(=O)[nH]2)C(=C)c2ccc(F)cc2-3)c1. The summed E-state index contributed by atoms with van der Waals surface area (Å²) in [5, 5.41) is 0. The number of benzene rings is 2. The minimum atomic E-state index is -0.329. The van der Waals surface area contributed by atoms with E-state index in [1.54, 1.807) is 12.1 Å². The molecule has 3 aromatic rings. The lowest BCUT2D eigenvalue weighted by Crippen LogP contribution is -2.11.